The van der Waals surface area contributed by atoms with Gasteiger partial charge in [-0.2, -0.15) is 0 Å². The largest absolute Gasteiger partial charge is 0.383 e. The van der Waals surface area contributed by atoms with E-state index in [0.717, 1.165) is 10.4 Å². The Labute approximate surface area is 121 Å². The summed E-state index contributed by atoms with van der Waals surface area (Å²) in [6.07, 6.45) is 6.46. The van der Waals surface area contributed by atoms with Crippen LogP contribution < -0.4 is 5.32 Å². The van der Waals surface area contributed by atoms with E-state index in [1.165, 1.54) is 17.4 Å². The van der Waals surface area contributed by atoms with Crippen molar-refractivity contribution < 1.29 is 9.90 Å². The number of thiophene rings is 1. The molecule has 0 spiro atoms. The predicted molar refractivity (Wildman–Crippen MR) is 80.2 cm³/mol. The van der Waals surface area contributed by atoms with Crippen LogP contribution in [0.2, 0.25) is 0 Å². The molecule has 0 saturated carbocycles. The molecule has 0 aliphatic heterocycles. The Hall–Kier alpha value is -1.98. The normalized spacial score (nSPS) is 14.1. The van der Waals surface area contributed by atoms with Crippen LogP contribution in [0, 0.1) is 0 Å². The van der Waals surface area contributed by atoms with E-state index in [0.29, 0.717) is 0 Å². The molecule has 2 rings (SSSR count). The molecule has 0 aliphatic rings. The van der Waals surface area contributed by atoms with Crippen molar-refractivity contribution in [1.29, 1.82) is 0 Å². The number of rotatable bonds is 5. The highest BCUT2D eigenvalue weighted by Gasteiger charge is 2.24. The van der Waals surface area contributed by atoms with E-state index in [2.05, 4.69) is 10.3 Å². The van der Waals surface area contributed by atoms with Crippen LogP contribution in [-0.2, 0) is 10.4 Å². The highest BCUT2D eigenvalue weighted by atomic mass is 32.1. The molecule has 2 aromatic rings. The van der Waals surface area contributed by atoms with Crippen molar-refractivity contribution in [1.82, 2.24) is 10.3 Å². The summed E-state index contributed by atoms with van der Waals surface area (Å²) in [6, 6.07) is 7.39. The fraction of sp³-hybridized carbons (Fsp3) is 0.200. The molecule has 0 aliphatic carbocycles. The summed E-state index contributed by atoms with van der Waals surface area (Å²) >= 11 is 1.46. The summed E-state index contributed by atoms with van der Waals surface area (Å²) in [5.41, 5.74) is -0.195. The van der Waals surface area contributed by atoms with Gasteiger partial charge in [0.2, 0.25) is 5.91 Å². The molecule has 1 amide bonds. The zero-order valence-electron chi connectivity index (χ0n) is 11.1. The summed E-state index contributed by atoms with van der Waals surface area (Å²) in [6.45, 7) is 1.85. The van der Waals surface area contributed by atoms with Gasteiger partial charge >= 0.3 is 0 Å². The molecule has 2 N–H and O–H groups in total. The highest BCUT2D eigenvalue weighted by Crippen LogP contribution is 2.24. The van der Waals surface area contributed by atoms with E-state index in [4.69, 9.17) is 0 Å². The van der Waals surface area contributed by atoms with Crippen molar-refractivity contribution in [3.05, 3.63) is 58.6 Å². The molecule has 5 heteroatoms. The fourth-order valence-corrected chi connectivity index (χ4v) is 2.42. The number of hydrogen-bond donors (Lipinski definition) is 2. The number of carbonyl (C=O) groups excluding carboxylic acids is 1. The van der Waals surface area contributed by atoms with Crippen LogP contribution in [0.1, 0.15) is 17.4 Å². The maximum Gasteiger partial charge on any atom is 0.244 e. The molecule has 2 heterocycles. The summed E-state index contributed by atoms with van der Waals surface area (Å²) in [5.74, 6) is -0.245. The second-order valence-electron chi connectivity index (χ2n) is 4.59. The first-order valence-corrected chi connectivity index (χ1v) is 7.08. The molecule has 0 fully saturated rings. The third-order valence-electron chi connectivity index (χ3n) is 2.77. The Balaban J connectivity index is 1.88. The molecule has 0 bridgehead atoms. The molecule has 104 valence electrons. The molecular formula is C15H16N2O2S. The number of aliphatic hydroxyl groups is 1. The molecular weight excluding hydrogens is 272 g/mol. The monoisotopic (exact) mass is 288 g/mol. The van der Waals surface area contributed by atoms with Crippen molar-refractivity contribution in [2.75, 3.05) is 6.54 Å². The Bertz CT molecular complexity index is 577. The van der Waals surface area contributed by atoms with Crippen LogP contribution in [0.3, 0.4) is 0 Å². The molecule has 0 aromatic carbocycles. The van der Waals surface area contributed by atoms with Crippen LogP contribution in [0.4, 0.5) is 0 Å². The van der Waals surface area contributed by atoms with E-state index >= 15 is 0 Å². The molecule has 2 aromatic heterocycles. The van der Waals surface area contributed by atoms with Gasteiger partial charge < -0.3 is 10.4 Å². The molecule has 1 atom stereocenters. The Morgan fingerprint density at radius 3 is 3.00 bits per heavy atom. The lowest BCUT2D eigenvalue weighted by Gasteiger charge is -2.21. The number of pyridine rings is 1. The van der Waals surface area contributed by atoms with Crippen LogP contribution in [-0.4, -0.2) is 22.5 Å². The smallest absolute Gasteiger partial charge is 0.244 e. The van der Waals surface area contributed by atoms with Crippen molar-refractivity contribution in [3.8, 4) is 0 Å². The van der Waals surface area contributed by atoms with E-state index < -0.39 is 5.60 Å². The summed E-state index contributed by atoms with van der Waals surface area (Å²) in [4.78, 5) is 16.5. The Morgan fingerprint density at radius 1 is 1.50 bits per heavy atom. The average molecular weight is 288 g/mol. The van der Waals surface area contributed by atoms with Gasteiger partial charge in [-0.15, -0.1) is 11.3 Å². The fourth-order valence-electron chi connectivity index (χ4n) is 1.64. The lowest BCUT2D eigenvalue weighted by Crippen LogP contribution is -2.37. The summed E-state index contributed by atoms with van der Waals surface area (Å²) in [7, 11) is 0. The van der Waals surface area contributed by atoms with Gasteiger partial charge in [0.25, 0.3) is 0 Å². The first-order valence-electron chi connectivity index (χ1n) is 6.20. The third kappa shape index (κ3) is 4.01. The number of amides is 1. The van der Waals surface area contributed by atoms with Gasteiger partial charge in [0.05, 0.1) is 6.54 Å². The zero-order chi connectivity index (χ0) is 14.4. The van der Waals surface area contributed by atoms with E-state index in [1.807, 2.05) is 23.6 Å². The van der Waals surface area contributed by atoms with Gasteiger partial charge in [-0.05, 0) is 36.1 Å². The summed E-state index contributed by atoms with van der Waals surface area (Å²) in [5, 5.41) is 14.9. The average Bonchev–Trinajstić information content (AvgIpc) is 2.99. The predicted octanol–water partition coefficient (Wildman–Crippen LogP) is 2.18. The lowest BCUT2D eigenvalue weighted by molar-refractivity contribution is -0.117. The quantitative estimate of drug-likeness (QED) is 0.829. The maximum absolute atomic E-state index is 11.7. The van der Waals surface area contributed by atoms with Gasteiger partial charge in [-0.1, -0.05) is 12.1 Å². The van der Waals surface area contributed by atoms with Crippen LogP contribution in [0.15, 0.2) is 48.1 Å². The number of nitrogens with zero attached hydrogens (tertiary/aromatic N) is 1. The Kier molecular flexibility index (Phi) is 4.65. The van der Waals surface area contributed by atoms with Crippen molar-refractivity contribution in [2.24, 2.45) is 0 Å². The van der Waals surface area contributed by atoms with E-state index in [-0.39, 0.29) is 12.5 Å². The number of aromatic nitrogens is 1. The lowest BCUT2D eigenvalue weighted by atomic mass is 10.1. The van der Waals surface area contributed by atoms with Crippen LogP contribution in [0.25, 0.3) is 6.08 Å². The molecule has 20 heavy (non-hydrogen) atoms. The summed E-state index contributed by atoms with van der Waals surface area (Å²) < 4.78 is 0. The van der Waals surface area contributed by atoms with Gasteiger partial charge in [0.1, 0.15) is 5.60 Å². The first-order chi connectivity index (χ1) is 9.58. The van der Waals surface area contributed by atoms with Gasteiger partial charge in [-0.3, -0.25) is 9.78 Å². The topological polar surface area (TPSA) is 62.2 Å². The van der Waals surface area contributed by atoms with E-state index in [9.17, 15) is 9.90 Å². The molecule has 4 nitrogen and oxygen atoms in total. The minimum Gasteiger partial charge on any atom is -0.383 e. The van der Waals surface area contributed by atoms with Gasteiger partial charge in [0.15, 0.2) is 0 Å². The third-order valence-corrected chi connectivity index (χ3v) is 3.89. The van der Waals surface area contributed by atoms with Crippen molar-refractivity contribution in [2.45, 2.75) is 12.5 Å². The zero-order valence-corrected chi connectivity index (χ0v) is 11.9. The number of nitrogens with one attached hydrogen (secondary N) is 1. The van der Waals surface area contributed by atoms with Gasteiger partial charge in [0, 0.05) is 23.3 Å². The molecule has 0 saturated heterocycles. The first kappa shape index (κ1) is 14.4. The number of carbonyl (C=O) groups is 1. The minimum absolute atomic E-state index is 0.170. The van der Waals surface area contributed by atoms with Gasteiger partial charge in [-0.25, -0.2) is 0 Å². The minimum atomic E-state index is -1.05. The van der Waals surface area contributed by atoms with Crippen LogP contribution >= 0.6 is 11.3 Å². The number of hydrogen-bond acceptors (Lipinski definition) is 4. The van der Waals surface area contributed by atoms with Crippen molar-refractivity contribution >= 4 is 23.3 Å². The molecule has 0 unspecified atom stereocenters. The second kappa shape index (κ2) is 6.45. The second-order valence-corrected chi connectivity index (χ2v) is 5.54. The van der Waals surface area contributed by atoms with E-state index in [1.54, 1.807) is 31.5 Å². The maximum atomic E-state index is 11.7. The SMILES string of the molecule is C[C@](O)(CNC(=O)/C=C/c1cccnc1)c1cccs1. The molecule has 0 radical (unpaired) electrons. The standard InChI is InChI=1S/C15H16N2O2S/c1-15(19,13-5-3-9-20-13)11-17-14(18)7-6-12-4-2-8-16-10-12/h2-10,19H,11H2,1H3,(H,17,18)/b7-6+/t15-/m0/s1. The van der Waals surface area contributed by atoms with Crippen LogP contribution in [0.5, 0.6) is 0 Å². The van der Waals surface area contributed by atoms with Crippen molar-refractivity contribution in [3.63, 3.8) is 0 Å². The Morgan fingerprint density at radius 2 is 2.35 bits per heavy atom. The highest BCUT2D eigenvalue weighted by molar-refractivity contribution is 7.10.